The molecule has 2 unspecified atom stereocenters. The second kappa shape index (κ2) is 41.4. The summed E-state index contributed by atoms with van der Waals surface area (Å²) in [5.41, 5.74) is 0. The summed E-state index contributed by atoms with van der Waals surface area (Å²) in [5.74, 6) is -0.291. The fraction of sp³-hybridized carbons (Fsp3) is 0.962. The van der Waals surface area contributed by atoms with E-state index in [-0.39, 0.29) is 30.4 Å². The Morgan fingerprint density at radius 3 is 1.49 bits per heavy atom. The van der Waals surface area contributed by atoms with Crippen molar-refractivity contribution in [3.05, 3.63) is 0 Å². The summed E-state index contributed by atoms with van der Waals surface area (Å²) in [6.07, 6.45) is 39.5. The van der Waals surface area contributed by atoms with Gasteiger partial charge in [0.2, 0.25) is 0 Å². The number of unbranched alkanes of at least 4 members (excludes halogenated alkanes) is 24. The average Bonchev–Trinajstić information content (AvgIpc) is 3.95. The molecule has 2 aliphatic rings. The monoisotopic (exact) mass is 865 g/mol. The minimum absolute atomic E-state index is 0.0505. The highest BCUT2D eigenvalue weighted by molar-refractivity contribution is 5.76. The fourth-order valence-electron chi connectivity index (χ4n) is 8.90. The summed E-state index contributed by atoms with van der Waals surface area (Å²) >= 11 is 0. The third-order valence-electron chi connectivity index (χ3n) is 12.8. The highest BCUT2D eigenvalue weighted by Gasteiger charge is 2.38. The molecule has 9 heteroatoms. The van der Waals surface area contributed by atoms with Crippen LogP contribution in [-0.2, 0) is 33.3 Å². The summed E-state index contributed by atoms with van der Waals surface area (Å²) in [6, 6.07) is -0.262. The SMILES string of the molecule is CCCCCCCCCCCCCCCCOC(=O)C1CC(OCCCN2CCCC2)CN1CCCCOC(=O)CCC(OCCCCCCCC)OCCCCCCCC. The number of carbonyl (C=O) groups is 2. The number of rotatable bonds is 45. The molecule has 0 aromatic rings. The molecule has 0 bridgehead atoms. The van der Waals surface area contributed by atoms with Gasteiger partial charge in [0.1, 0.15) is 6.04 Å². The van der Waals surface area contributed by atoms with E-state index >= 15 is 0 Å². The normalized spacial score (nSPS) is 17.2. The van der Waals surface area contributed by atoms with E-state index in [4.69, 9.17) is 23.7 Å². The van der Waals surface area contributed by atoms with E-state index in [1.807, 2.05) is 0 Å². The van der Waals surface area contributed by atoms with Gasteiger partial charge in [-0.15, -0.1) is 0 Å². The van der Waals surface area contributed by atoms with Crippen LogP contribution in [0.5, 0.6) is 0 Å². The van der Waals surface area contributed by atoms with Gasteiger partial charge in [0.15, 0.2) is 6.29 Å². The quantitative estimate of drug-likeness (QED) is 0.0337. The van der Waals surface area contributed by atoms with Gasteiger partial charge in [0, 0.05) is 45.8 Å². The molecule has 0 amide bonds. The van der Waals surface area contributed by atoms with Gasteiger partial charge in [-0.1, -0.05) is 168 Å². The maximum absolute atomic E-state index is 13.4. The second-order valence-electron chi connectivity index (χ2n) is 18.6. The lowest BCUT2D eigenvalue weighted by molar-refractivity contribution is -0.159. The van der Waals surface area contributed by atoms with Gasteiger partial charge >= 0.3 is 11.9 Å². The van der Waals surface area contributed by atoms with Crippen LogP contribution in [0.3, 0.4) is 0 Å². The molecule has 0 radical (unpaired) electrons. The number of ether oxygens (including phenoxy) is 5. The predicted molar refractivity (Wildman–Crippen MR) is 253 cm³/mol. The molecular formula is C52H100N2O7. The molecule has 0 aliphatic carbocycles. The van der Waals surface area contributed by atoms with Crippen LogP contribution in [0.2, 0.25) is 0 Å². The van der Waals surface area contributed by atoms with E-state index in [1.54, 1.807) is 0 Å². The summed E-state index contributed by atoms with van der Waals surface area (Å²) < 4.78 is 30.1. The molecule has 0 aromatic heterocycles. The zero-order valence-electron chi connectivity index (χ0n) is 40.6. The van der Waals surface area contributed by atoms with Crippen molar-refractivity contribution in [1.82, 2.24) is 9.80 Å². The zero-order valence-corrected chi connectivity index (χ0v) is 40.6. The molecule has 2 aliphatic heterocycles. The van der Waals surface area contributed by atoms with E-state index in [2.05, 4.69) is 30.6 Å². The molecular weight excluding hydrogens is 765 g/mol. The Labute approximate surface area is 377 Å². The summed E-state index contributed by atoms with van der Waals surface area (Å²) in [7, 11) is 0. The van der Waals surface area contributed by atoms with Gasteiger partial charge in [-0.05, 0) is 71.0 Å². The maximum atomic E-state index is 13.4. The molecule has 2 fully saturated rings. The van der Waals surface area contributed by atoms with Crippen LogP contribution in [0.4, 0.5) is 0 Å². The number of hydrogen-bond acceptors (Lipinski definition) is 9. The Balaban J connectivity index is 1.67. The minimum atomic E-state index is -0.351. The number of esters is 2. The standard InChI is InChI=1S/C52H100N2O7/c1-4-7-10-13-16-17-18-19-20-21-22-23-26-32-44-61-52(56)49-46-48(57-45-34-39-53-37-27-28-38-53)47-54(49)40-29-33-41-58-50(55)35-36-51(59-42-30-24-14-11-8-5-2)60-43-31-25-15-12-9-6-3/h48-49,51H,4-47H2,1-3H3. The topological polar surface area (TPSA) is 86.8 Å². The lowest BCUT2D eigenvalue weighted by atomic mass is 10.0. The van der Waals surface area contributed by atoms with Gasteiger partial charge in [-0.25, -0.2) is 0 Å². The van der Waals surface area contributed by atoms with Crippen molar-refractivity contribution < 1.29 is 33.3 Å². The summed E-state index contributed by atoms with van der Waals surface area (Å²) in [6.45, 7) is 14.8. The molecule has 9 nitrogen and oxygen atoms in total. The lowest BCUT2D eigenvalue weighted by Crippen LogP contribution is -2.38. The van der Waals surface area contributed by atoms with Crippen LogP contribution < -0.4 is 0 Å². The largest absolute Gasteiger partial charge is 0.466 e. The first-order valence-corrected chi connectivity index (χ1v) is 26.7. The van der Waals surface area contributed by atoms with E-state index in [9.17, 15) is 9.59 Å². The minimum Gasteiger partial charge on any atom is -0.466 e. The Morgan fingerprint density at radius 2 is 0.967 bits per heavy atom. The Hall–Kier alpha value is -1.26. The Morgan fingerprint density at radius 1 is 0.508 bits per heavy atom. The third kappa shape index (κ3) is 32.1. The molecule has 2 atom stereocenters. The average molecular weight is 865 g/mol. The summed E-state index contributed by atoms with van der Waals surface area (Å²) in [5, 5.41) is 0. The third-order valence-corrected chi connectivity index (χ3v) is 12.8. The molecule has 2 rings (SSSR count). The van der Waals surface area contributed by atoms with Gasteiger partial charge in [-0.3, -0.25) is 14.5 Å². The number of likely N-dealkylation sites (tertiary alicyclic amines) is 2. The van der Waals surface area contributed by atoms with Crippen molar-refractivity contribution in [2.24, 2.45) is 0 Å². The molecule has 61 heavy (non-hydrogen) atoms. The highest BCUT2D eigenvalue weighted by Crippen LogP contribution is 2.23. The molecule has 2 heterocycles. The first-order chi connectivity index (χ1) is 30.1. The van der Waals surface area contributed by atoms with Gasteiger partial charge in [0.05, 0.1) is 25.7 Å². The first kappa shape index (κ1) is 55.9. The molecule has 0 N–H and O–H groups in total. The Kier molecular flexibility index (Phi) is 38.0. The fourth-order valence-corrected chi connectivity index (χ4v) is 8.90. The molecule has 2 saturated heterocycles. The zero-order chi connectivity index (χ0) is 43.7. The predicted octanol–water partition coefficient (Wildman–Crippen LogP) is 13.1. The Bertz CT molecular complexity index is 961. The number of carbonyl (C=O) groups excluding carboxylic acids is 2. The first-order valence-electron chi connectivity index (χ1n) is 26.7. The van der Waals surface area contributed by atoms with E-state index < -0.39 is 0 Å². The van der Waals surface area contributed by atoms with Crippen molar-refractivity contribution >= 4 is 11.9 Å². The smallest absolute Gasteiger partial charge is 0.323 e. The lowest BCUT2D eigenvalue weighted by Gasteiger charge is -2.22. The van der Waals surface area contributed by atoms with Crippen molar-refractivity contribution in [2.45, 2.75) is 258 Å². The summed E-state index contributed by atoms with van der Waals surface area (Å²) in [4.78, 5) is 31.0. The van der Waals surface area contributed by atoms with E-state index in [0.717, 1.165) is 71.2 Å². The van der Waals surface area contributed by atoms with Crippen molar-refractivity contribution in [3.63, 3.8) is 0 Å². The van der Waals surface area contributed by atoms with Crippen LogP contribution in [-0.4, -0.2) is 106 Å². The van der Waals surface area contributed by atoms with E-state index in [0.29, 0.717) is 45.7 Å². The van der Waals surface area contributed by atoms with E-state index in [1.165, 1.54) is 167 Å². The van der Waals surface area contributed by atoms with Crippen molar-refractivity contribution in [2.75, 3.05) is 65.8 Å². The number of nitrogens with zero attached hydrogens (tertiary/aromatic N) is 2. The molecule has 360 valence electrons. The molecule has 0 spiro atoms. The number of hydrogen-bond donors (Lipinski definition) is 0. The van der Waals surface area contributed by atoms with Crippen molar-refractivity contribution in [1.29, 1.82) is 0 Å². The van der Waals surface area contributed by atoms with Crippen LogP contribution in [0.15, 0.2) is 0 Å². The van der Waals surface area contributed by atoms with Crippen LogP contribution in [0, 0.1) is 0 Å². The van der Waals surface area contributed by atoms with Crippen molar-refractivity contribution in [3.8, 4) is 0 Å². The van der Waals surface area contributed by atoms with Gasteiger partial charge in [-0.2, -0.15) is 0 Å². The van der Waals surface area contributed by atoms with Gasteiger partial charge < -0.3 is 28.6 Å². The maximum Gasteiger partial charge on any atom is 0.323 e. The highest BCUT2D eigenvalue weighted by atomic mass is 16.7. The molecule has 0 saturated carbocycles. The molecule has 0 aromatic carbocycles. The van der Waals surface area contributed by atoms with Crippen LogP contribution >= 0.6 is 0 Å². The second-order valence-corrected chi connectivity index (χ2v) is 18.6. The van der Waals surface area contributed by atoms with Crippen LogP contribution in [0.25, 0.3) is 0 Å². The van der Waals surface area contributed by atoms with Gasteiger partial charge in [0.25, 0.3) is 0 Å². The van der Waals surface area contributed by atoms with Crippen LogP contribution in [0.1, 0.15) is 239 Å².